The van der Waals surface area contributed by atoms with E-state index in [1.165, 1.54) is 25.7 Å². The standard InChI is InChI=1S/C12H17NO/c1-13-9-5-8(12(13)14)10-6-2-3-7(4-6)11(9)10/h6-11H,2-5H2,1H3. The summed E-state index contributed by atoms with van der Waals surface area (Å²) in [6.45, 7) is 0. The van der Waals surface area contributed by atoms with Crippen molar-refractivity contribution in [3.8, 4) is 0 Å². The maximum Gasteiger partial charge on any atom is 0.226 e. The molecule has 1 aliphatic heterocycles. The first kappa shape index (κ1) is 7.72. The highest BCUT2D eigenvalue weighted by Crippen LogP contribution is 2.64. The van der Waals surface area contributed by atoms with Gasteiger partial charge < -0.3 is 4.90 Å². The van der Waals surface area contributed by atoms with Crippen LogP contribution in [0.1, 0.15) is 25.7 Å². The third kappa shape index (κ3) is 0.636. The molecular weight excluding hydrogens is 174 g/mol. The van der Waals surface area contributed by atoms with Gasteiger partial charge in [-0.05, 0) is 49.4 Å². The molecule has 1 amide bonds. The summed E-state index contributed by atoms with van der Waals surface area (Å²) in [4.78, 5) is 14.0. The summed E-state index contributed by atoms with van der Waals surface area (Å²) in [6.07, 6.45) is 5.52. The first-order valence-electron chi connectivity index (χ1n) is 6.04. The Bertz CT molecular complexity index is 313. The summed E-state index contributed by atoms with van der Waals surface area (Å²) < 4.78 is 0. The summed E-state index contributed by atoms with van der Waals surface area (Å²) in [7, 11) is 2.02. The number of rotatable bonds is 0. The average Bonchev–Trinajstić information content (AvgIpc) is 2.87. The first-order chi connectivity index (χ1) is 6.77. The fourth-order valence-electron chi connectivity index (χ4n) is 5.23. The lowest BCUT2D eigenvalue weighted by atomic mass is 9.75. The van der Waals surface area contributed by atoms with Gasteiger partial charge in [-0.25, -0.2) is 0 Å². The van der Waals surface area contributed by atoms with Crippen LogP contribution in [-0.2, 0) is 4.79 Å². The molecule has 4 rings (SSSR count). The molecule has 0 aromatic heterocycles. The van der Waals surface area contributed by atoms with Crippen LogP contribution in [0.3, 0.4) is 0 Å². The number of hydrogen-bond donors (Lipinski definition) is 0. The Labute approximate surface area is 84.7 Å². The summed E-state index contributed by atoms with van der Waals surface area (Å²) in [5, 5.41) is 0. The minimum absolute atomic E-state index is 0.435. The molecule has 0 spiro atoms. The number of amides is 1. The predicted octanol–water partition coefficient (Wildman–Crippen LogP) is 1.51. The number of hydrogen-bond acceptors (Lipinski definition) is 1. The van der Waals surface area contributed by atoms with Crippen LogP contribution in [0, 0.1) is 29.6 Å². The molecule has 4 aliphatic rings. The molecule has 3 aliphatic carbocycles. The zero-order valence-corrected chi connectivity index (χ0v) is 8.65. The molecule has 6 atom stereocenters. The normalized spacial score (nSPS) is 58.6. The highest BCUT2D eigenvalue weighted by atomic mass is 16.2. The molecule has 2 nitrogen and oxygen atoms in total. The van der Waals surface area contributed by atoms with Crippen molar-refractivity contribution in [2.75, 3.05) is 7.05 Å². The second kappa shape index (κ2) is 2.17. The van der Waals surface area contributed by atoms with Crippen molar-refractivity contribution in [3.05, 3.63) is 0 Å². The van der Waals surface area contributed by atoms with Gasteiger partial charge in [0.2, 0.25) is 5.91 Å². The zero-order valence-electron chi connectivity index (χ0n) is 8.65. The van der Waals surface area contributed by atoms with Gasteiger partial charge in [-0.1, -0.05) is 0 Å². The Balaban J connectivity index is 1.78. The van der Waals surface area contributed by atoms with Gasteiger partial charge in [0, 0.05) is 19.0 Å². The molecule has 14 heavy (non-hydrogen) atoms. The zero-order chi connectivity index (χ0) is 9.45. The van der Waals surface area contributed by atoms with Gasteiger partial charge in [0.25, 0.3) is 0 Å². The second-order valence-electron chi connectivity index (χ2n) is 5.85. The van der Waals surface area contributed by atoms with Crippen molar-refractivity contribution in [2.24, 2.45) is 29.6 Å². The highest BCUT2D eigenvalue weighted by Gasteiger charge is 2.64. The SMILES string of the molecule is CN1C(=O)C2CC1C1C3CCC(C3)C21. The van der Waals surface area contributed by atoms with E-state index in [0.717, 1.165) is 23.7 Å². The largest absolute Gasteiger partial charge is 0.342 e. The van der Waals surface area contributed by atoms with Gasteiger partial charge in [-0.2, -0.15) is 0 Å². The van der Waals surface area contributed by atoms with E-state index in [1.54, 1.807) is 0 Å². The van der Waals surface area contributed by atoms with Crippen molar-refractivity contribution in [1.29, 1.82) is 0 Å². The van der Waals surface area contributed by atoms with Crippen LogP contribution < -0.4 is 0 Å². The van der Waals surface area contributed by atoms with E-state index in [1.807, 2.05) is 7.05 Å². The number of likely N-dealkylation sites (tertiary alicyclic amines) is 1. The van der Waals surface area contributed by atoms with Gasteiger partial charge in [-0.3, -0.25) is 4.79 Å². The Morgan fingerprint density at radius 3 is 2.64 bits per heavy atom. The molecular formula is C12H17NO. The molecule has 4 bridgehead atoms. The van der Waals surface area contributed by atoms with E-state index in [4.69, 9.17) is 0 Å². The molecule has 0 aromatic carbocycles. The van der Waals surface area contributed by atoms with Gasteiger partial charge >= 0.3 is 0 Å². The molecule has 3 saturated carbocycles. The number of nitrogens with zero attached hydrogens (tertiary/aromatic N) is 1. The molecule has 6 unspecified atom stereocenters. The van der Waals surface area contributed by atoms with Crippen molar-refractivity contribution < 1.29 is 4.79 Å². The first-order valence-corrected chi connectivity index (χ1v) is 6.04. The molecule has 1 heterocycles. The Morgan fingerprint density at radius 2 is 1.86 bits per heavy atom. The van der Waals surface area contributed by atoms with Crippen LogP contribution in [0.5, 0.6) is 0 Å². The lowest BCUT2D eigenvalue weighted by Crippen LogP contribution is -2.45. The minimum atomic E-state index is 0.435. The molecule has 0 radical (unpaired) electrons. The van der Waals surface area contributed by atoms with Gasteiger partial charge in [0.15, 0.2) is 0 Å². The van der Waals surface area contributed by atoms with Crippen LogP contribution >= 0.6 is 0 Å². The minimum Gasteiger partial charge on any atom is -0.342 e. The molecule has 0 aromatic rings. The average molecular weight is 191 g/mol. The van der Waals surface area contributed by atoms with Crippen LogP contribution in [0.15, 0.2) is 0 Å². The lowest BCUT2D eigenvalue weighted by molar-refractivity contribution is -0.137. The predicted molar refractivity (Wildman–Crippen MR) is 52.5 cm³/mol. The van der Waals surface area contributed by atoms with Gasteiger partial charge in [-0.15, -0.1) is 0 Å². The maximum absolute atomic E-state index is 11.9. The number of carbonyl (C=O) groups excluding carboxylic acids is 1. The Kier molecular flexibility index (Phi) is 1.20. The van der Waals surface area contributed by atoms with E-state index in [9.17, 15) is 4.79 Å². The summed E-state index contributed by atoms with van der Waals surface area (Å²) in [5.74, 6) is 4.52. The molecule has 1 saturated heterocycles. The number of piperidine rings is 1. The van der Waals surface area contributed by atoms with Crippen molar-refractivity contribution in [1.82, 2.24) is 4.90 Å². The number of fused-ring (bicyclic) bond motifs is 9. The molecule has 0 N–H and O–H groups in total. The highest BCUT2D eigenvalue weighted by molar-refractivity contribution is 5.83. The third-order valence-corrected chi connectivity index (χ3v) is 5.61. The third-order valence-electron chi connectivity index (χ3n) is 5.61. The molecule has 76 valence electrons. The van der Waals surface area contributed by atoms with Crippen LogP contribution in [0.25, 0.3) is 0 Å². The van der Waals surface area contributed by atoms with E-state index >= 15 is 0 Å². The van der Waals surface area contributed by atoms with E-state index in [2.05, 4.69) is 4.90 Å². The quantitative estimate of drug-likeness (QED) is 0.531. The monoisotopic (exact) mass is 191 g/mol. The summed E-state index contributed by atoms with van der Waals surface area (Å²) >= 11 is 0. The number of carbonyl (C=O) groups is 1. The van der Waals surface area contributed by atoms with Crippen LogP contribution in [-0.4, -0.2) is 23.9 Å². The Hall–Kier alpha value is -0.530. The van der Waals surface area contributed by atoms with E-state index < -0.39 is 0 Å². The van der Waals surface area contributed by atoms with Crippen molar-refractivity contribution in [3.63, 3.8) is 0 Å². The fourth-order valence-corrected chi connectivity index (χ4v) is 5.23. The van der Waals surface area contributed by atoms with Crippen molar-refractivity contribution >= 4 is 5.91 Å². The van der Waals surface area contributed by atoms with Crippen LogP contribution in [0.2, 0.25) is 0 Å². The summed E-state index contributed by atoms with van der Waals surface area (Å²) in [6, 6.07) is 0.632. The lowest BCUT2D eigenvalue weighted by Gasteiger charge is -2.38. The van der Waals surface area contributed by atoms with E-state index in [0.29, 0.717) is 17.9 Å². The maximum atomic E-state index is 11.9. The summed E-state index contributed by atoms with van der Waals surface area (Å²) in [5.41, 5.74) is 0. The van der Waals surface area contributed by atoms with E-state index in [-0.39, 0.29) is 0 Å². The second-order valence-corrected chi connectivity index (χ2v) is 5.85. The van der Waals surface area contributed by atoms with Gasteiger partial charge in [0.05, 0.1) is 0 Å². The Morgan fingerprint density at radius 1 is 1.14 bits per heavy atom. The van der Waals surface area contributed by atoms with Crippen molar-refractivity contribution in [2.45, 2.75) is 31.7 Å². The molecule has 2 heteroatoms. The smallest absolute Gasteiger partial charge is 0.226 e. The topological polar surface area (TPSA) is 20.3 Å². The van der Waals surface area contributed by atoms with Gasteiger partial charge in [0.1, 0.15) is 0 Å². The fraction of sp³-hybridized carbons (Fsp3) is 0.917. The molecule has 4 fully saturated rings. The van der Waals surface area contributed by atoms with Crippen LogP contribution in [0.4, 0.5) is 0 Å².